The van der Waals surface area contributed by atoms with Gasteiger partial charge in [0.25, 0.3) is 0 Å². The summed E-state index contributed by atoms with van der Waals surface area (Å²) < 4.78 is 16.0. The maximum absolute atomic E-state index is 13.5. The van der Waals surface area contributed by atoms with Gasteiger partial charge in [-0.3, -0.25) is 9.59 Å². The van der Waals surface area contributed by atoms with Crippen molar-refractivity contribution in [3.63, 3.8) is 0 Å². The molecule has 0 aliphatic carbocycles. The van der Waals surface area contributed by atoms with Crippen molar-refractivity contribution in [1.82, 2.24) is 0 Å². The first-order chi connectivity index (χ1) is 16.4. The number of anilines is 2. The van der Waals surface area contributed by atoms with E-state index in [1.807, 2.05) is 61.5 Å². The summed E-state index contributed by atoms with van der Waals surface area (Å²) in [6.45, 7) is 1.94. The van der Waals surface area contributed by atoms with E-state index in [1.165, 1.54) is 0 Å². The van der Waals surface area contributed by atoms with Gasteiger partial charge in [0.2, 0.25) is 11.8 Å². The van der Waals surface area contributed by atoms with Gasteiger partial charge >= 0.3 is 0 Å². The Morgan fingerprint density at radius 1 is 0.882 bits per heavy atom. The van der Waals surface area contributed by atoms with Gasteiger partial charge in [0.15, 0.2) is 0 Å². The summed E-state index contributed by atoms with van der Waals surface area (Å²) in [5, 5.41) is 2.99. The van der Waals surface area contributed by atoms with E-state index in [2.05, 4.69) is 5.32 Å². The summed E-state index contributed by atoms with van der Waals surface area (Å²) in [6.07, 6.45) is 0.0860. The van der Waals surface area contributed by atoms with Gasteiger partial charge in [0, 0.05) is 12.1 Å². The van der Waals surface area contributed by atoms with Crippen LogP contribution in [-0.4, -0.2) is 33.1 Å². The zero-order chi connectivity index (χ0) is 24.2. The molecule has 1 N–H and O–H groups in total. The van der Waals surface area contributed by atoms with Crippen LogP contribution in [0.1, 0.15) is 23.6 Å². The third kappa shape index (κ3) is 4.55. The minimum atomic E-state index is -0.604. The Bertz CT molecular complexity index is 1170. The predicted molar refractivity (Wildman–Crippen MR) is 131 cm³/mol. The molecule has 0 unspecified atom stereocenters. The van der Waals surface area contributed by atoms with E-state index in [0.717, 1.165) is 11.1 Å². The topological polar surface area (TPSA) is 77.1 Å². The molecule has 1 fully saturated rings. The van der Waals surface area contributed by atoms with Gasteiger partial charge in [-0.2, -0.15) is 0 Å². The highest BCUT2D eigenvalue weighted by Crippen LogP contribution is 2.43. The number of hydrogen-bond acceptors (Lipinski definition) is 5. The summed E-state index contributed by atoms with van der Waals surface area (Å²) in [5.41, 5.74) is 3.12. The molecule has 1 aliphatic rings. The monoisotopic (exact) mass is 460 g/mol. The van der Waals surface area contributed by atoms with Crippen molar-refractivity contribution in [3.05, 3.63) is 77.9 Å². The molecule has 0 aromatic heterocycles. The van der Waals surface area contributed by atoms with Crippen LogP contribution in [0, 0.1) is 12.8 Å². The number of nitrogens with zero attached hydrogens (tertiary/aromatic N) is 1. The summed E-state index contributed by atoms with van der Waals surface area (Å²) in [4.78, 5) is 28.5. The van der Waals surface area contributed by atoms with Gasteiger partial charge in [0.1, 0.15) is 17.2 Å². The number of nitrogens with one attached hydrogen (secondary N) is 1. The first kappa shape index (κ1) is 23.2. The first-order valence-electron chi connectivity index (χ1n) is 11.0. The highest BCUT2D eigenvalue weighted by molar-refractivity contribution is 6.05. The number of aryl methyl sites for hydroxylation is 1. The second kappa shape index (κ2) is 9.87. The minimum absolute atomic E-state index is 0.0860. The lowest BCUT2D eigenvalue weighted by atomic mass is 9.92. The number of carbonyl (C=O) groups is 2. The van der Waals surface area contributed by atoms with Crippen molar-refractivity contribution in [2.45, 2.75) is 19.4 Å². The number of methoxy groups -OCH3 is 3. The molecular formula is C27H28N2O5. The van der Waals surface area contributed by atoms with Crippen LogP contribution in [-0.2, 0) is 9.59 Å². The van der Waals surface area contributed by atoms with Crippen molar-refractivity contribution in [3.8, 4) is 17.2 Å². The molecule has 0 saturated carbocycles. The van der Waals surface area contributed by atoms with Gasteiger partial charge in [-0.05, 0) is 66.6 Å². The number of carbonyl (C=O) groups excluding carboxylic acids is 2. The maximum Gasteiger partial charge on any atom is 0.230 e. The molecule has 0 spiro atoms. The van der Waals surface area contributed by atoms with Crippen LogP contribution in [0.25, 0.3) is 0 Å². The molecule has 176 valence electrons. The number of benzene rings is 3. The van der Waals surface area contributed by atoms with Crippen LogP contribution in [0.4, 0.5) is 11.4 Å². The molecule has 4 rings (SSSR count). The second-order valence-electron chi connectivity index (χ2n) is 8.18. The van der Waals surface area contributed by atoms with E-state index in [4.69, 9.17) is 14.2 Å². The maximum atomic E-state index is 13.5. The Balaban J connectivity index is 1.72. The van der Waals surface area contributed by atoms with Crippen molar-refractivity contribution in [2.24, 2.45) is 5.92 Å². The molecule has 2 amide bonds. The summed E-state index contributed by atoms with van der Waals surface area (Å²) in [7, 11) is 4.75. The molecule has 7 heteroatoms. The van der Waals surface area contributed by atoms with Crippen LogP contribution >= 0.6 is 0 Å². The predicted octanol–water partition coefficient (Wildman–Crippen LogP) is 4.75. The molecule has 3 aromatic rings. The molecule has 0 radical (unpaired) electrons. The minimum Gasteiger partial charge on any atom is -0.497 e. The molecular weight excluding hydrogens is 432 g/mol. The van der Waals surface area contributed by atoms with Gasteiger partial charge in [-0.25, -0.2) is 0 Å². The molecule has 7 nitrogen and oxygen atoms in total. The smallest absolute Gasteiger partial charge is 0.230 e. The van der Waals surface area contributed by atoms with Crippen LogP contribution in [0.5, 0.6) is 17.2 Å². The molecule has 2 atom stereocenters. The zero-order valence-electron chi connectivity index (χ0n) is 19.7. The Morgan fingerprint density at radius 2 is 1.50 bits per heavy atom. The van der Waals surface area contributed by atoms with E-state index < -0.39 is 12.0 Å². The molecule has 0 bridgehead atoms. The molecule has 34 heavy (non-hydrogen) atoms. The fraction of sp³-hybridized carbons (Fsp3) is 0.259. The van der Waals surface area contributed by atoms with Crippen molar-refractivity contribution >= 4 is 23.2 Å². The summed E-state index contributed by atoms with van der Waals surface area (Å²) in [6, 6.07) is 19.8. The Labute approximate surface area is 199 Å². The van der Waals surface area contributed by atoms with Crippen molar-refractivity contribution in [2.75, 3.05) is 31.5 Å². The van der Waals surface area contributed by atoms with Crippen LogP contribution < -0.4 is 24.4 Å². The van der Waals surface area contributed by atoms with Crippen LogP contribution in [0.3, 0.4) is 0 Å². The molecule has 1 heterocycles. The lowest BCUT2D eigenvalue weighted by Gasteiger charge is -2.29. The average molecular weight is 461 g/mol. The Kier molecular flexibility index (Phi) is 6.72. The Morgan fingerprint density at radius 3 is 2.09 bits per heavy atom. The summed E-state index contributed by atoms with van der Waals surface area (Å²) >= 11 is 0. The standard InChI is InChI=1S/C27H28N2O5/c1-17-5-14-24(34-4)23(15-17)28-27(31)22-16-25(30)29(19-8-12-21(33-3)13-9-19)26(22)18-6-10-20(32-2)11-7-18/h5-15,22,26H,16H2,1-4H3,(H,28,31)/t22-,26+/m1/s1. The lowest BCUT2D eigenvalue weighted by molar-refractivity contribution is -0.122. The fourth-order valence-electron chi connectivity index (χ4n) is 4.34. The van der Waals surface area contributed by atoms with E-state index >= 15 is 0 Å². The first-order valence-corrected chi connectivity index (χ1v) is 11.0. The number of rotatable bonds is 7. The number of amides is 2. The van der Waals surface area contributed by atoms with E-state index in [9.17, 15) is 9.59 Å². The third-order valence-corrected chi connectivity index (χ3v) is 6.08. The van der Waals surface area contributed by atoms with Crippen molar-refractivity contribution < 1.29 is 23.8 Å². The quantitative estimate of drug-likeness (QED) is 0.550. The third-order valence-electron chi connectivity index (χ3n) is 6.08. The van der Waals surface area contributed by atoms with Gasteiger partial charge < -0.3 is 24.4 Å². The van der Waals surface area contributed by atoms with E-state index in [1.54, 1.807) is 38.4 Å². The normalized spacial score (nSPS) is 17.4. The summed E-state index contributed by atoms with van der Waals surface area (Å²) in [5.74, 6) is 0.993. The fourth-order valence-corrected chi connectivity index (χ4v) is 4.34. The molecule has 1 saturated heterocycles. The molecule has 3 aromatic carbocycles. The van der Waals surface area contributed by atoms with E-state index in [0.29, 0.717) is 28.6 Å². The number of hydrogen-bond donors (Lipinski definition) is 1. The second-order valence-corrected chi connectivity index (χ2v) is 8.18. The SMILES string of the molecule is COc1ccc([C@H]2[C@H](C(=O)Nc3cc(C)ccc3OC)CC(=O)N2c2ccc(OC)cc2)cc1. The van der Waals surface area contributed by atoms with E-state index in [-0.39, 0.29) is 18.2 Å². The number of ether oxygens (including phenoxy) is 3. The van der Waals surface area contributed by atoms with Crippen LogP contribution in [0.2, 0.25) is 0 Å². The largest absolute Gasteiger partial charge is 0.497 e. The Hall–Kier alpha value is -4.00. The van der Waals surface area contributed by atoms with Gasteiger partial charge in [-0.1, -0.05) is 18.2 Å². The van der Waals surface area contributed by atoms with Crippen molar-refractivity contribution in [1.29, 1.82) is 0 Å². The lowest BCUT2D eigenvalue weighted by Crippen LogP contribution is -2.32. The highest BCUT2D eigenvalue weighted by Gasteiger charge is 2.45. The molecule has 1 aliphatic heterocycles. The van der Waals surface area contributed by atoms with Gasteiger partial charge in [-0.15, -0.1) is 0 Å². The highest BCUT2D eigenvalue weighted by atomic mass is 16.5. The zero-order valence-corrected chi connectivity index (χ0v) is 19.7. The van der Waals surface area contributed by atoms with Gasteiger partial charge in [0.05, 0.1) is 39.0 Å². The van der Waals surface area contributed by atoms with Crippen LogP contribution in [0.15, 0.2) is 66.7 Å². The average Bonchev–Trinajstić information content (AvgIpc) is 3.21.